The van der Waals surface area contributed by atoms with Crippen LogP contribution in [0.3, 0.4) is 0 Å². The topological polar surface area (TPSA) is 63.6 Å². The van der Waals surface area contributed by atoms with E-state index in [0.717, 1.165) is 12.1 Å². The predicted octanol–water partition coefficient (Wildman–Crippen LogP) is 7.02. The Morgan fingerprint density at radius 2 is 1.15 bits per heavy atom. The largest absolute Gasteiger partial charge is 0.508 e. The third-order valence-electron chi connectivity index (χ3n) is 4.24. The predicted molar refractivity (Wildman–Crippen MR) is 124 cm³/mol. The van der Waals surface area contributed by atoms with Crippen LogP contribution < -0.4 is 4.18 Å². The lowest BCUT2D eigenvalue weighted by Crippen LogP contribution is -2.11. The molecule has 0 aliphatic heterocycles. The van der Waals surface area contributed by atoms with Crippen molar-refractivity contribution in [1.29, 1.82) is 0 Å². The third-order valence-corrected chi connectivity index (χ3v) is 6.51. The van der Waals surface area contributed by atoms with Gasteiger partial charge in [-0.05, 0) is 72.8 Å². The maximum Gasteiger partial charge on any atom is 0.416 e. The maximum atomic E-state index is 12.4. The van der Waals surface area contributed by atoms with Gasteiger partial charge in [-0.25, -0.2) is 0 Å². The molecule has 0 spiro atoms. The molecule has 0 saturated heterocycles. The summed E-state index contributed by atoms with van der Waals surface area (Å²) >= 11 is 1.79. The summed E-state index contributed by atoms with van der Waals surface area (Å²) in [6, 6.07) is 28.6. The first-order chi connectivity index (χ1) is 16.1. The zero-order valence-corrected chi connectivity index (χ0v) is 19.1. The Hall–Kier alpha value is -3.43. The van der Waals surface area contributed by atoms with Crippen LogP contribution in [-0.4, -0.2) is 13.5 Å². The van der Waals surface area contributed by atoms with Crippen LogP contribution in [0, 0.1) is 0 Å². The molecule has 0 atom stereocenters. The van der Waals surface area contributed by atoms with E-state index in [1.54, 1.807) is 11.8 Å². The number of phenols is 1. The van der Waals surface area contributed by atoms with Crippen LogP contribution in [-0.2, 0) is 16.3 Å². The van der Waals surface area contributed by atoms with Gasteiger partial charge in [-0.2, -0.15) is 21.6 Å². The maximum absolute atomic E-state index is 12.4. The molecule has 0 heterocycles. The van der Waals surface area contributed by atoms with Gasteiger partial charge in [-0.1, -0.05) is 48.2 Å². The van der Waals surface area contributed by atoms with Crippen molar-refractivity contribution in [2.75, 3.05) is 0 Å². The van der Waals surface area contributed by atoms with E-state index in [1.165, 1.54) is 34.1 Å². The lowest BCUT2D eigenvalue weighted by Gasteiger charge is -2.09. The molecule has 0 aliphatic rings. The molecule has 0 bridgehead atoms. The number of hydrogen-bond donors (Lipinski definition) is 1. The minimum atomic E-state index is -4.54. The molecule has 0 amide bonds. The van der Waals surface area contributed by atoms with Gasteiger partial charge in [0.2, 0.25) is 0 Å². The molecule has 0 aromatic heterocycles. The van der Waals surface area contributed by atoms with Crippen molar-refractivity contribution >= 4 is 21.9 Å². The second-order valence-corrected chi connectivity index (χ2v) is 9.47. The molecule has 34 heavy (non-hydrogen) atoms. The van der Waals surface area contributed by atoms with Gasteiger partial charge in [-0.3, -0.25) is 0 Å². The molecule has 176 valence electrons. The molecular weight excluding hydrogens is 485 g/mol. The molecule has 9 heteroatoms. The molecule has 0 fully saturated rings. The van der Waals surface area contributed by atoms with Crippen molar-refractivity contribution in [3.05, 3.63) is 115 Å². The first kappa shape index (κ1) is 25.2. The summed E-state index contributed by atoms with van der Waals surface area (Å²) in [4.78, 5) is 2.17. The van der Waals surface area contributed by atoms with Crippen molar-refractivity contribution in [3.8, 4) is 11.5 Å². The Labute approximate surface area is 199 Å². The molecule has 4 aromatic rings. The van der Waals surface area contributed by atoms with E-state index in [1.807, 2.05) is 12.1 Å². The van der Waals surface area contributed by atoms with E-state index < -0.39 is 26.8 Å². The SMILES string of the molecule is O=S(=O)(Oc1ccc(O)cc1)c1ccc(C(F)(F)F)cc1.c1ccc(Sc2ccccc2)cc1. The summed E-state index contributed by atoms with van der Waals surface area (Å²) in [5.41, 5.74) is -0.953. The van der Waals surface area contributed by atoms with Gasteiger partial charge in [0.1, 0.15) is 16.4 Å². The molecule has 0 aliphatic carbocycles. The minimum absolute atomic E-state index is 0.0623. The van der Waals surface area contributed by atoms with Crippen molar-refractivity contribution in [1.82, 2.24) is 0 Å². The lowest BCUT2D eigenvalue weighted by atomic mass is 10.2. The van der Waals surface area contributed by atoms with Crippen LogP contribution in [0.4, 0.5) is 13.2 Å². The normalized spacial score (nSPS) is 11.3. The molecule has 4 rings (SSSR count). The molecule has 0 saturated carbocycles. The fourth-order valence-corrected chi connectivity index (χ4v) is 4.39. The average molecular weight is 505 g/mol. The van der Waals surface area contributed by atoms with Crippen LogP contribution >= 0.6 is 11.8 Å². The van der Waals surface area contributed by atoms with Crippen molar-refractivity contribution in [3.63, 3.8) is 0 Å². The van der Waals surface area contributed by atoms with E-state index >= 15 is 0 Å². The summed E-state index contributed by atoms with van der Waals surface area (Å²) < 4.78 is 65.7. The number of phenolic OH excluding ortho intramolecular Hbond substituents is 1. The second-order valence-electron chi connectivity index (χ2n) is 6.78. The van der Waals surface area contributed by atoms with Gasteiger partial charge >= 0.3 is 16.3 Å². The van der Waals surface area contributed by atoms with Crippen molar-refractivity contribution in [2.24, 2.45) is 0 Å². The standard InChI is InChI=1S/C13H9F3O4S.C12H10S/c14-13(15,16)9-1-7-12(8-2-9)21(18,19)20-11-5-3-10(17)4-6-11;1-3-7-11(8-4-1)13-12-9-5-2-6-10-12/h1-8,17H;1-10H. The summed E-state index contributed by atoms with van der Waals surface area (Å²) in [7, 11) is -4.24. The van der Waals surface area contributed by atoms with Gasteiger partial charge in [0, 0.05) is 9.79 Å². The molecule has 4 aromatic carbocycles. The zero-order chi connectivity index (χ0) is 24.6. The Kier molecular flexibility index (Phi) is 8.25. The van der Waals surface area contributed by atoms with Crippen LogP contribution in [0.5, 0.6) is 11.5 Å². The van der Waals surface area contributed by atoms with Gasteiger partial charge in [0.25, 0.3) is 0 Å². The van der Waals surface area contributed by atoms with E-state index in [2.05, 4.69) is 48.5 Å². The van der Waals surface area contributed by atoms with Crippen LogP contribution in [0.25, 0.3) is 0 Å². The Balaban J connectivity index is 0.000000212. The first-order valence-electron chi connectivity index (χ1n) is 9.82. The van der Waals surface area contributed by atoms with Crippen LogP contribution in [0.15, 0.2) is 124 Å². The molecule has 0 unspecified atom stereocenters. The molecule has 4 nitrogen and oxygen atoms in total. The zero-order valence-electron chi connectivity index (χ0n) is 17.5. The number of alkyl halides is 3. The highest BCUT2D eigenvalue weighted by atomic mass is 32.2. The van der Waals surface area contributed by atoms with E-state index in [-0.39, 0.29) is 11.5 Å². The molecular formula is C25H19F3O4S2. The average Bonchev–Trinajstić information content (AvgIpc) is 2.82. The highest BCUT2D eigenvalue weighted by molar-refractivity contribution is 7.99. The summed E-state index contributed by atoms with van der Waals surface area (Å²) in [6.45, 7) is 0. The Bertz CT molecular complexity index is 1240. The van der Waals surface area contributed by atoms with E-state index in [9.17, 15) is 21.6 Å². The minimum Gasteiger partial charge on any atom is -0.508 e. The first-order valence-corrected chi connectivity index (χ1v) is 12.0. The molecule has 1 N–H and O–H groups in total. The number of rotatable bonds is 5. The van der Waals surface area contributed by atoms with E-state index in [4.69, 9.17) is 9.29 Å². The number of aromatic hydroxyl groups is 1. The molecule has 0 radical (unpaired) electrons. The summed E-state index contributed by atoms with van der Waals surface area (Å²) in [5, 5.41) is 9.07. The number of halogens is 3. The van der Waals surface area contributed by atoms with Gasteiger partial charge < -0.3 is 9.29 Å². The highest BCUT2D eigenvalue weighted by Crippen LogP contribution is 2.30. The highest BCUT2D eigenvalue weighted by Gasteiger charge is 2.30. The smallest absolute Gasteiger partial charge is 0.416 e. The van der Waals surface area contributed by atoms with E-state index in [0.29, 0.717) is 12.1 Å². The third kappa shape index (κ3) is 7.57. The van der Waals surface area contributed by atoms with Gasteiger partial charge in [-0.15, -0.1) is 0 Å². The fourth-order valence-electron chi connectivity index (χ4n) is 2.60. The van der Waals surface area contributed by atoms with Crippen molar-refractivity contribution in [2.45, 2.75) is 20.9 Å². The van der Waals surface area contributed by atoms with Gasteiger partial charge in [0.05, 0.1) is 5.56 Å². The monoisotopic (exact) mass is 504 g/mol. The number of hydrogen-bond acceptors (Lipinski definition) is 5. The van der Waals surface area contributed by atoms with Crippen LogP contribution in [0.1, 0.15) is 5.56 Å². The number of benzene rings is 4. The Morgan fingerprint density at radius 1 is 0.676 bits per heavy atom. The summed E-state index contributed by atoms with van der Waals surface area (Å²) in [5.74, 6) is -0.137. The van der Waals surface area contributed by atoms with Gasteiger partial charge in [0.15, 0.2) is 0 Å². The Morgan fingerprint density at radius 3 is 1.59 bits per heavy atom. The quantitative estimate of drug-likeness (QED) is 0.296. The van der Waals surface area contributed by atoms with Crippen molar-refractivity contribution < 1.29 is 30.9 Å². The lowest BCUT2D eigenvalue weighted by molar-refractivity contribution is -0.137. The fraction of sp³-hybridized carbons (Fsp3) is 0.0400. The second kappa shape index (κ2) is 11.1. The summed E-state index contributed by atoms with van der Waals surface area (Å²) in [6.07, 6.45) is -4.54. The van der Waals surface area contributed by atoms with Crippen LogP contribution in [0.2, 0.25) is 0 Å².